The second-order valence-corrected chi connectivity index (χ2v) is 8.33. The van der Waals surface area contributed by atoms with Crippen molar-refractivity contribution in [3.05, 3.63) is 82.9 Å². The predicted molar refractivity (Wildman–Crippen MR) is 128 cm³/mol. The molecule has 0 saturated carbocycles. The van der Waals surface area contributed by atoms with E-state index in [-0.39, 0.29) is 24.9 Å². The Balaban J connectivity index is 1.33. The molecule has 12 nitrogen and oxygen atoms in total. The lowest BCUT2D eigenvalue weighted by Crippen LogP contribution is -2.38. The number of hydrogen-bond acceptors (Lipinski definition) is 8. The van der Waals surface area contributed by atoms with Gasteiger partial charge in [-0.3, -0.25) is 9.59 Å². The molecule has 5 rings (SSSR count). The molecule has 0 spiro atoms. The minimum atomic E-state index is -0.363. The van der Waals surface area contributed by atoms with Gasteiger partial charge in [-0.15, -0.1) is 10.2 Å². The summed E-state index contributed by atoms with van der Waals surface area (Å²) >= 11 is 0. The van der Waals surface area contributed by atoms with Gasteiger partial charge < -0.3 is 20.6 Å². The summed E-state index contributed by atoms with van der Waals surface area (Å²) in [4.78, 5) is 29.0. The first-order valence-corrected chi connectivity index (χ1v) is 11.1. The average Bonchev–Trinajstić information content (AvgIpc) is 3.45. The second kappa shape index (κ2) is 9.33. The SMILES string of the molecule is Cc1ccc(CN(CCNC(=O)c2ccc3nnn(O)c3c2)C(=O)c2ccc3nnn(O)c3c2)cc1. The Morgan fingerprint density at radius 1 is 0.861 bits per heavy atom. The molecule has 0 radical (unpaired) electrons. The first kappa shape index (κ1) is 22.8. The molecule has 0 aliphatic heterocycles. The van der Waals surface area contributed by atoms with Crippen LogP contribution < -0.4 is 5.32 Å². The molecule has 3 N–H and O–H groups in total. The van der Waals surface area contributed by atoms with Crippen molar-refractivity contribution in [3.8, 4) is 0 Å². The second-order valence-electron chi connectivity index (χ2n) is 8.33. The molecule has 3 aromatic carbocycles. The number of benzene rings is 3. The normalized spacial score (nSPS) is 11.1. The zero-order chi connectivity index (χ0) is 25.2. The number of carbonyl (C=O) groups is 2. The molecule has 2 amide bonds. The summed E-state index contributed by atoms with van der Waals surface area (Å²) in [7, 11) is 0. The highest BCUT2D eigenvalue weighted by atomic mass is 16.5. The molecular formula is C24H22N8O4. The minimum absolute atomic E-state index is 0.187. The van der Waals surface area contributed by atoms with Gasteiger partial charge >= 0.3 is 0 Å². The van der Waals surface area contributed by atoms with Gasteiger partial charge in [-0.25, -0.2) is 0 Å². The van der Waals surface area contributed by atoms with E-state index in [2.05, 4.69) is 25.9 Å². The van der Waals surface area contributed by atoms with Gasteiger partial charge in [0.25, 0.3) is 11.8 Å². The maximum Gasteiger partial charge on any atom is 0.254 e. The monoisotopic (exact) mass is 486 g/mol. The van der Waals surface area contributed by atoms with Crippen molar-refractivity contribution in [2.75, 3.05) is 13.1 Å². The minimum Gasteiger partial charge on any atom is -0.410 e. The van der Waals surface area contributed by atoms with Crippen LogP contribution in [0.4, 0.5) is 0 Å². The van der Waals surface area contributed by atoms with Crippen molar-refractivity contribution in [1.82, 2.24) is 40.5 Å². The standard InChI is InChI=1S/C24H22N8O4/c1-15-2-4-16(5-3-15)14-30(24(34)18-7-9-20-22(13-18)32(36)29-27-20)11-10-25-23(33)17-6-8-19-21(12-17)31(35)28-26-19/h2-9,12-13,35-36H,10-11,14H2,1H3,(H,25,33). The summed E-state index contributed by atoms with van der Waals surface area (Å²) in [6, 6.07) is 17.3. The highest BCUT2D eigenvalue weighted by Crippen LogP contribution is 2.17. The smallest absolute Gasteiger partial charge is 0.254 e. The molecule has 36 heavy (non-hydrogen) atoms. The Labute approximate surface area is 204 Å². The number of hydrogen-bond donors (Lipinski definition) is 3. The Kier molecular flexibility index (Phi) is 5.90. The Morgan fingerprint density at radius 3 is 2.08 bits per heavy atom. The fraction of sp³-hybridized carbons (Fsp3) is 0.167. The molecule has 12 heteroatoms. The van der Waals surface area contributed by atoms with Crippen LogP contribution in [0, 0.1) is 6.92 Å². The van der Waals surface area contributed by atoms with Crippen LogP contribution in [0.5, 0.6) is 0 Å². The van der Waals surface area contributed by atoms with E-state index in [1.807, 2.05) is 31.2 Å². The van der Waals surface area contributed by atoms with Gasteiger partial charge in [0, 0.05) is 30.8 Å². The third-order valence-corrected chi connectivity index (χ3v) is 5.81. The zero-order valence-electron chi connectivity index (χ0n) is 19.2. The highest BCUT2D eigenvalue weighted by Gasteiger charge is 2.19. The highest BCUT2D eigenvalue weighted by molar-refractivity contribution is 5.98. The van der Waals surface area contributed by atoms with Crippen molar-refractivity contribution < 1.29 is 20.0 Å². The van der Waals surface area contributed by atoms with Crippen LogP contribution in [0.25, 0.3) is 22.1 Å². The molecule has 0 bridgehead atoms. The van der Waals surface area contributed by atoms with E-state index in [1.54, 1.807) is 29.2 Å². The fourth-order valence-electron chi connectivity index (χ4n) is 3.84. The van der Waals surface area contributed by atoms with Gasteiger partial charge in [0.2, 0.25) is 0 Å². The Morgan fingerprint density at radius 2 is 1.44 bits per heavy atom. The average molecular weight is 486 g/mol. The van der Waals surface area contributed by atoms with E-state index in [0.29, 0.717) is 49.4 Å². The largest absolute Gasteiger partial charge is 0.410 e. The van der Waals surface area contributed by atoms with E-state index >= 15 is 0 Å². The summed E-state index contributed by atoms with van der Waals surface area (Å²) in [5.74, 6) is -0.637. The first-order chi connectivity index (χ1) is 17.4. The lowest BCUT2D eigenvalue weighted by atomic mass is 10.1. The van der Waals surface area contributed by atoms with Gasteiger partial charge in [0.1, 0.15) is 22.1 Å². The zero-order valence-corrected chi connectivity index (χ0v) is 19.2. The maximum absolute atomic E-state index is 13.4. The molecule has 0 atom stereocenters. The predicted octanol–water partition coefficient (Wildman–Crippen LogP) is 2.03. The molecule has 0 fully saturated rings. The van der Waals surface area contributed by atoms with Crippen LogP contribution in [0.15, 0.2) is 60.7 Å². The lowest BCUT2D eigenvalue weighted by molar-refractivity contribution is 0.0736. The Hall–Kier alpha value is -5.00. The number of carbonyl (C=O) groups excluding carboxylic acids is 2. The van der Waals surface area contributed by atoms with E-state index in [9.17, 15) is 20.0 Å². The number of fused-ring (bicyclic) bond motifs is 2. The Bertz CT molecular complexity index is 1570. The van der Waals surface area contributed by atoms with Crippen molar-refractivity contribution in [1.29, 1.82) is 0 Å². The van der Waals surface area contributed by atoms with E-state index in [4.69, 9.17) is 0 Å². The maximum atomic E-state index is 13.4. The molecule has 0 aliphatic rings. The molecule has 2 heterocycles. The lowest BCUT2D eigenvalue weighted by Gasteiger charge is -2.23. The number of aromatic nitrogens is 6. The molecule has 2 aromatic heterocycles. The number of nitrogens with zero attached hydrogens (tertiary/aromatic N) is 7. The molecule has 0 unspecified atom stereocenters. The van der Waals surface area contributed by atoms with Crippen molar-refractivity contribution >= 4 is 33.9 Å². The molecule has 0 aliphatic carbocycles. The van der Waals surface area contributed by atoms with Crippen LogP contribution in [0.3, 0.4) is 0 Å². The van der Waals surface area contributed by atoms with Crippen LogP contribution in [-0.4, -0.2) is 70.5 Å². The van der Waals surface area contributed by atoms with E-state index < -0.39 is 0 Å². The fourth-order valence-corrected chi connectivity index (χ4v) is 3.84. The van der Waals surface area contributed by atoms with Gasteiger partial charge in [-0.1, -0.05) is 39.5 Å². The summed E-state index contributed by atoms with van der Waals surface area (Å²) < 4.78 is 0. The molecule has 5 aromatic rings. The third kappa shape index (κ3) is 4.51. The summed E-state index contributed by atoms with van der Waals surface area (Å²) in [5, 5.41) is 37.0. The van der Waals surface area contributed by atoms with Gasteiger partial charge in [-0.2, -0.15) is 0 Å². The quantitative estimate of drug-likeness (QED) is 0.296. The van der Waals surface area contributed by atoms with Crippen LogP contribution in [0.1, 0.15) is 31.8 Å². The summed E-state index contributed by atoms with van der Waals surface area (Å²) in [5.41, 5.74) is 4.27. The van der Waals surface area contributed by atoms with E-state index in [0.717, 1.165) is 11.1 Å². The first-order valence-electron chi connectivity index (χ1n) is 11.1. The summed E-state index contributed by atoms with van der Waals surface area (Å²) in [6.07, 6.45) is 0. The van der Waals surface area contributed by atoms with Crippen LogP contribution >= 0.6 is 0 Å². The van der Waals surface area contributed by atoms with Gasteiger partial charge in [0.05, 0.1) is 0 Å². The third-order valence-electron chi connectivity index (χ3n) is 5.81. The van der Waals surface area contributed by atoms with Crippen LogP contribution in [0.2, 0.25) is 0 Å². The number of amides is 2. The van der Waals surface area contributed by atoms with E-state index in [1.165, 1.54) is 12.1 Å². The number of aryl methyl sites for hydroxylation is 1. The van der Waals surface area contributed by atoms with Gasteiger partial charge in [0.15, 0.2) is 0 Å². The topological polar surface area (TPSA) is 151 Å². The van der Waals surface area contributed by atoms with Crippen LogP contribution in [-0.2, 0) is 6.54 Å². The summed E-state index contributed by atoms with van der Waals surface area (Å²) in [6.45, 7) is 2.73. The van der Waals surface area contributed by atoms with Gasteiger partial charge in [-0.05, 0) is 59.3 Å². The van der Waals surface area contributed by atoms with Crippen molar-refractivity contribution in [3.63, 3.8) is 0 Å². The number of rotatable bonds is 7. The van der Waals surface area contributed by atoms with Crippen molar-refractivity contribution in [2.45, 2.75) is 13.5 Å². The van der Waals surface area contributed by atoms with Crippen molar-refractivity contribution in [2.24, 2.45) is 0 Å². The molecule has 182 valence electrons. The molecule has 0 saturated heterocycles. The number of nitrogens with one attached hydrogen (secondary N) is 1. The molecular weight excluding hydrogens is 464 g/mol.